The van der Waals surface area contributed by atoms with Crippen LogP contribution < -0.4 is 4.90 Å². The number of rotatable bonds is 4. The lowest BCUT2D eigenvalue weighted by Gasteiger charge is -2.22. The minimum Gasteiger partial charge on any atom is -0.468 e. The van der Waals surface area contributed by atoms with E-state index >= 15 is 0 Å². The van der Waals surface area contributed by atoms with Gasteiger partial charge in [-0.15, -0.1) is 11.3 Å². The summed E-state index contributed by atoms with van der Waals surface area (Å²) in [6.45, 7) is 6.08. The fourth-order valence-corrected chi connectivity index (χ4v) is 3.84. The summed E-state index contributed by atoms with van der Waals surface area (Å²) in [5.41, 5.74) is 0. The van der Waals surface area contributed by atoms with E-state index in [2.05, 4.69) is 32.8 Å². The van der Waals surface area contributed by atoms with Gasteiger partial charge in [0.1, 0.15) is 17.0 Å². The highest BCUT2D eigenvalue weighted by molar-refractivity contribution is 7.18. The number of fused-ring (bicyclic) bond motifs is 1. The van der Waals surface area contributed by atoms with Gasteiger partial charge in [-0.05, 0) is 18.9 Å². The summed E-state index contributed by atoms with van der Waals surface area (Å²) in [4.78, 5) is 27.3. The summed E-state index contributed by atoms with van der Waals surface area (Å²) in [5, 5.41) is 1.15. The number of carbonyl (C=O) groups is 1. The number of ether oxygens (including phenoxy) is 1. The van der Waals surface area contributed by atoms with E-state index in [0.29, 0.717) is 6.54 Å². The Kier molecular flexibility index (Phi) is 5.07. The van der Waals surface area contributed by atoms with Crippen molar-refractivity contribution >= 4 is 33.3 Å². The average Bonchev–Trinajstić information content (AvgIpc) is 2.87. The van der Waals surface area contributed by atoms with Crippen LogP contribution in [0.25, 0.3) is 10.2 Å². The highest BCUT2D eigenvalue weighted by atomic mass is 32.1. The number of anilines is 1. The molecule has 0 radical (unpaired) electrons. The van der Waals surface area contributed by atoms with Gasteiger partial charge in [0.25, 0.3) is 0 Å². The first-order chi connectivity index (χ1) is 11.2. The molecule has 23 heavy (non-hydrogen) atoms. The van der Waals surface area contributed by atoms with Gasteiger partial charge in [-0.3, -0.25) is 9.69 Å². The van der Waals surface area contributed by atoms with E-state index in [0.717, 1.165) is 55.1 Å². The smallest absolute Gasteiger partial charge is 0.319 e. The van der Waals surface area contributed by atoms with Crippen molar-refractivity contribution < 1.29 is 9.53 Å². The minimum atomic E-state index is -0.173. The molecule has 0 unspecified atom stereocenters. The Balaban J connectivity index is 1.77. The minimum absolute atomic E-state index is 0.173. The molecule has 1 aliphatic rings. The van der Waals surface area contributed by atoms with Crippen molar-refractivity contribution in [2.24, 2.45) is 0 Å². The van der Waals surface area contributed by atoms with Gasteiger partial charge in [-0.1, -0.05) is 6.92 Å². The quantitative estimate of drug-likeness (QED) is 0.797. The number of nitrogens with zero attached hydrogens (tertiary/aromatic N) is 4. The third-order valence-electron chi connectivity index (χ3n) is 4.18. The number of esters is 1. The largest absolute Gasteiger partial charge is 0.468 e. The first kappa shape index (κ1) is 16.1. The summed E-state index contributed by atoms with van der Waals surface area (Å²) in [6, 6.07) is 2.21. The predicted molar refractivity (Wildman–Crippen MR) is 92.1 cm³/mol. The standard InChI is InChI=1S/C16H22N4O2S/c1-3-12-9-13-15(17-11-18-16(13)23-12)20-6-4-5-19(7-8-20)10-14(21)22-2/h9,11H,3-8,10H2,1-2H3. The van der Waals surface area contributed by atoms with E-state index in [-0.39, 0.29) is 5.97 Å². The molecule has 6 nitrogen and oxygen atoms in total. The van der Waals surface area contributed by atoms with Gasteiger partial charge < -0.3 is 9.64 Å². The zero-order chi connectivity index (χ0) is 16.2. The first-order valence-electron chi connectivity index (χ1n) is 7.98. The number of methoxy groups -OCH3 is 1. The second kappa shape index (κ2) is 7.23. The number of aryl methyl sites for hydroxylation is 1. The van der Waals surface area contributed by atoms with Crippen molar-refractivity contribution in [1.82, 2.24) is 14.9 Å². The molecule has 0 bridgehead atoms. The van der Waals surface area contributed by atoms with Crippen molar-refractivity contribution in [2.75, 3.05) is 44.7 Å². The Labute approximate surface area is 140 Å². The number of hydrogen-bond donors (Lipinski definition) is 0. The highest BCUT2D eigenvalue weighted by Gasteiger charge is 2.20. The lowest BCUT2D eigenvalue weighted by atomic mass is 10.3. The van der Waals surface area contributed by atoms with Gasteiger partial charge in [0.15, 0.2) is 0 Å². The van der Waals surface area contributed by atoms with Crippen LogP contribution in [0.2, 0.25) is 0 Å². The van der Waals surface area contributed by atoms with Crippen LogP contribution in [0, 0.1) is 0 Å². The molecule has 0 atom stereocenters. The van der Waals surface area contributed by atoms with E-state index in [9.17, 15) is 4.79 Å². The van der Waals surface area contributed by atoms with Crippen molar-refractivity contribution in [3.8, 4) is 0 Å². The molecule has 2 aromatic rings. The number of thiophene rings is 1. The summed E-state index contributed by atoms with van der Waals surface area (Å²) >= 11 is 1.74. The van der Waals surface area contributed by atoms with Crippen molar-refractivity contribution in [1.29, 1.82) is 0 Å². The molecule has 1 fully saturated rings. The van der Waals surface area contributed by atoms with Crippen molar-refractivity contribution in [3.63, 3.8) is 0 Å². The van der Waals surface area contributed by atoms with E-state index in [1.807, 2.05) is 0 Å². The zero-order valence-electron chi connectivity index (χ0n) is 13.6. The normalized spacial score (nSPS) is 16.5. The molecule has 0 aromatic carbocycles. The summed E-state index contributed by atoms with van der Waals surface area (Å²) in [6.07, 6.45) is 3.69. The van der Waals surface area contributed by atoms with Gasteiger partial charge in [-0.25, -0.2) is 9.97 Å². The maximum absolute atomic E-state index is 11.5. The predicted octanol–water partition coefficient (Wildman–Crippen LogP) is 1.94. The van der Waals surface area contributed by atoms with E-state index in [4.69, 9.17) is 4.74 Å². The Morgan fingerprint density at radius 1 is 1.30 bits per heavy atom. The lowest BCUT2D eigenvalue weighted by Crippen LogP contribution is -2.34. The van der Waals surface area contributed by atoms with Crippen LogP contribution in [0.4, 0.5) is 5.82 Å². The van der Waals surface area contributed by atoms with Crippen LogP contribution in [0.5, 0.6) is 0 Å². The molecule has 3 heterocycles. The van der Waals surface area contributed by atoms with Gasteiger partial charge in [0, 0.05) is 31.1 Å². The molecule has 1 saturated heterocycles. The number of aromatic nitrogens is 2. The molecule has 0 aliphatic carbocycles. The summed E-state index contributed by atoms with van der Waals surface area (Å²) in [5.74, 6) is 0.846. The summed E-state index contributed by atoms with van der Waals surface area (Å²) < 4.78 is 4.76. The Morgan fingerprint density at radius 2 is 2.17 bits per heavy atom. The fraction of sp³-hybridized carbons (Fsp3) is 0.562. The second-order valence-electron chi connectivity index (χ2n) is 5.68. The average molecular weight is 334 g/mol. The summed E-state index contributed by atoms with van der Waals surface area (Å²) in [7, 11) is 1.44. The van der Waals surface area contributed by atoms with Gasteiger partial charge in [0.2, 0.25) is 0 Å². The Bertz CT molecular complexity index is 688. The fourth-order valence-electron chi connectivity index (χ4n) is 2.91. The molecular formula is C16H22N4O2S. The van der Waals surface area contributed by atoms with E-state index in [1.54, 1.807) is 17.7 Å². The van der Waals surface area contributed by atoms with Gasteiger partial charge in [0.05, 0.1) is 19.0 Å². The van der Waals surface area contributed by atoms with Crippen LogP contribution in [0.3, 0.4) is 0 Å². The molecule has 124 valence electrons. The lowest BCUT2D eigenvalue weighted by molar-refractivity contribution is -0.141. The SMILES string of the molecule is CCc1cc2c(N3CCCN(CC(=O)OC)CC3)ncnc2s1. The molecule has 0 amide bonds. The van der Waals surface area contributed by atoms with Crippen LogP contribution in [0.1, 0.15) is 18.2 Å². The van der Waals surface area contributed by atoms with Crippen LogP contribution in [0.15, 0.2) is 12.4 Å². The van der Waals surface area contributed by atoms with E-state index < -0.39 is 0 Å². The molecule has 3 rings (SSSR count). The topological polar surface area (TPSA) is 58.6 Å². The first-order valence-corrected chi connectivity index (χ1v) is 8.80. The maximum atomic E-state index is 11.5. The third-order valence-corrected chi connectivity index (χ3v) is 5.36. The molecule has 0 spiro atoms. The monoisotopic (exact) mass is 334 g/mol. The molecule has 0 N–H and O–H groups in total. The molecular weight excluding hydrogens is 312 g/mol. The Hall–Kier alpha value is -1.73. The number of hydrogen-bond acceptors (Lipinski definition) is 7. The Morgan fingerprint density at radius 3 is 2.96 bits per heavy atom. The third kappa shape index (κ3) is 3.61. The van der Waals surface area contributed by atoms with Crippen molar-refractivity contribution in [3.05, 3.63) is 17.3 Å². The highest BCUT2D eigenvalue weighted by Crippen LogP contribution is 2.30. The van der Waals surface area contributed by atoms with Crippen LogP contribution in [-0.4, -0.2) is 60.7 Å². The van der Waals surface area contributed by atoms with E-state index in [1.165, 1.54) is 12.0 Å². The number of carbonyl (C=O) groups excluding carboxylic acids is 1. The van der Waals surface area contributed by atoms with Crippen LogP contribution >= 0.6 is 11.3 Å². The van der Waals surface area contributed by atoms with Crippen molar-refractivity contribution in [2.45, 2.75) is 19.8 Å². The zero-order valence-corrected chi connectivity index (χ0v) is 14.4. The van der Waals surface area contributed by atoms with Crippen LogP contribution in [-0.2, 0) is 16.0 Å². The van der Waals surface area contributed by atoms with Gasteiger partial charge >= 0.3 is 5.97 Å². The second-order valence-corrected chi connectivity index (χ2v) is 6.79. The maximum Gasteiger partial charge on any atom is 0.319 e. The molecule has 7 heteroatoms. The molecule has 1 aliphatic heterocycles. The molecule has 2 aromatic heterocycles. The van der Waals surface area contributed by atoms with Gasteiger partial charge in [-0.2, -0.15) is 0 Å². The molecule has 0 saturated carbocycles.